The van der Waals surface area contributed by atoms with Crippen LogP contribution in [0, 0.1) is 5.92 Å². The second-order valence-corrected chi connectivity index (χ2v) is 5.00. The molecular weight excluding hydrogens is 190 g/mol. The van der Waals surface area contributed by atoms with E-state index in [0.29, 0.717) is 5.92 Å². The average Bonchev–Trinajstić information content (AvgIpc) is 2.31. The van der Waals surface area contributed by atoms with Gasteiger partial charge in [-0.25, -0.2) is 0 Å². The summed E-state index contributed by atoms with van der Waals surface area (Å²) in [6.07, 6.45) is 8.91. The first-order valence-electron chi connectivity index (χ1n) is 6.24. The standard InChI is InChI=1S/C12H21NO2/c14-11(15)12(8-4-5-9-13-12)10-6-2-1-3-7-10/h10,13H,1-9H2,(H,14,15). The first-order chi connectivity index (χ1) is 7.26. The first-order valence-corrected chi connectivity index (χ1v) is 6.24. The van der Waals surface area contributed by atoms with Crippen molar-refractivity contribution < 1.29 is 9.90 Å². The Labute approximate surface area is 91.2 Å². The van der Waals surface area contributed by atoms with Gasteiger partial charge in [0.15, 0.2) is 0 Å². The molecule has 1 saturated carbocycles. The molecule has 1 saturated heterocycles. The van der Waals surface area contributed by atoms with E-state index in [1.807, 2.05) is 0 Å². The Morgan fingerprint density at radius 1 is 1.13 bits per heavy atom. The predicted molar refractivity (Wildman–Crippen MR) is 58.8 cm³/mol. The highest BCUT2D eigenvalue weighted by atomic mass is 16.4. The molecule has 15 heavy (non-hydrogen) atoms. The molecule has 2 N–H and O–H groups in total. The molecular formula is C12H21NO2. The number of carboxylic acid groups (broad SMARTS) is 1. The topological polar surface area (TPSA) is 49.3 Å². The molecule has 1 aliphatic carbocycles. The van der Waals surface area contributed by atoms with Crippen molar-refractivity contribution in [3.05, 3.63) is 0 Å². The fraction of sp³-hybridized carbons (Fsp3) is 0.917. The van der Waals surface area contributed by atoms with Gasteiger partial charge in [0, 0.05) is 0 Å². The van der Waals surface area contributed by atoms with Gasteiger partial charge in [0.2, 0.25) is 0 Å². The maximum Gasteiger partial charge on any atom is 0.324 e. The van der Waals surface area contributed by atoms with Gasteiger partial charge in [-0.3, -0.25) is 4.79 Å². The minimum Gasteiger partial charge on any atom is -0.480 e. The molecule has 0 aromatic heterocycles. The SMILES string of the molecule is O=C(O)C1(C2CCCCC2)CCCCN1. The van der Waals surface area contributed by atoms with Crippen molar-refractivity contribution in [2.45, 2.75) is 56.9 Å². The second-order valence-electron chi connectivity index (χ2n) is 5.00. The predicted octanol–water partition coefficient (Wildman–Crippen LogP) is 2.16. The molecule has 0 radical (unpaired) electrons. The highest BCUT2D eigenvalue weighted by molar-refractivity contribution is 5.79. The molecule has 2 fully saturated rings. The maximum atomic E-state index is 11.5. The molecule has 1 heterocycles. The van der Waals surface area contributed by atoms with Crippen LogP contribution in [0.4, 0.5) is 0 Å². The highest BCUT2D eigenvalue weighted by Gasteiger charge is 2.46. The van der Waals surface area contributed by atoms with E-state index in [9.17, 15) is 9.90 Å². The third-order valence-corrected chi connectivity index (χ3v) is 4.12. The number of carboxylic acids is 1. The summed E-state index contributed by atoms with van der Waals surface area (Å²) in [5.41, 5.74) is -0.585. The molecule has 0 aromatic carbocycles. The van der Waals surface area contributed by atoms with E-state index in [1.54, 1.807) is 0 Å². The van der Waals surface area contributed by atoms with E-state index < -0.39 is 11.5 Å². The smallest absolute Gasteiger partial charge is 0.324 e. The lowest BCUT2D eigenvalue weighted by molar-refractivity contribution is -0.149. The Morgan fingerprint density at radius 2 is 1.87 bits per heavy atom. The summed E-state index contributed by atoms with van der Waals surface area (Å²) in [5, 5.41) is 12.8. The van der Waals surface area contributed by atoms with Gasteiger partial charge in [-0.2, -0.15) is 0 Å². The van der Waals surface area contributed by atoms with Crippen molar-refractivity contribution in [2.24, 2.45) is 5.92 Å². The minimum absolute atomic E-state index is 0.365. The van der Waals surface area contributed by atoms with Crippen LogP contribution in [0.1, 0.15) is 51.4 Å². The monoisotopic (exact) mass is 211 g/mol. The first kappa shape index (κ1) is 10.9. The molecule has 1 aliphatic heterocycles. The largest absolute Gasteiger partial charge is 0.480 e. The third kappa shape index (κ3) is 2.03. The Balaban J connectivity index is 2.12. The molecule has 1 unspecified atom stereocenters. The van der Waals surface area contributed by atoms with Gasteiger partial charge in [0.1, 0.15) is 5.54 Å². The van der Waals surface area contributed by atoms with E-state index in [1.165, 1.54) is 19.3 Å². The number of piperidine rings is 1. The summed E-state index contributed by atoms with van der Waals surface area (Å²) in [6.45, 7) is 0.878. The van der Waals surface area contributed by atoms with Crippen LogP contribution in [-0.4, -0.2) is 23.2 Å². The molecule has 1 atom stereocenters. The van der Waals surface area contributed by atoms with E-state index in [4.69, 9.17) is 0 Å². The van der Waals surface area contributed by atoms with Gasteiger partial charge in [0.05, 0.1) is 0 Å². The van der Waals surface area contributed by atoms with Crippen molar-refractivity contribution in [1.82, 2.24) is 5.32 Å². The van der Waals surface area contributed by atoms with Gasteiger partial charge in [-0.15, -0.1) is 0 Å². The zero-order valence-electron chi connectivity index (χ0n) is 9.30. The lowest BCUT2D eigenvalue weighted by Gasteiger charge is -2.42. The molecule has 3 nitrogen and oxygen atoms in total. The van der Waals surface area contributed by atoms with Crippen LogP contribution in [0.3, 0.4) is 0 Å². The Morgan fingerprint density at radius 3 is 2.40 bits per heavy atom. The van der Waals surface area contributed by atoms with Crippen LogP contribution in [0.25, 0.3) is 0 Å². The molecule has 0 bridgehead atoms. The van der Waals surface area contributed by atoms with Crippen LogP contribution in [-0.2, 0) is 4.79 Å². The van der Waals surface area contributed by atoms with Crippen molar-refractivity contribution >= 4 is 5.97 Å². The van der Waals surface area contributed by atoms with Gasteiger partial charge >= 0.3 is 5.97 Å². The molecule has 3 heteroatoms. The van der Waals surface area contributed by atoms with Crippen molar-refractivity contribution in [3.63, 3.8) is 0 Å². The quantitative estimate of drug-likeness (QED) is 0.736. The van der Waals surface area contributed by atoms with E-state index in [2.05, 4.69) is 5.32 Å². The second kappa shape index (κ2) is 4.52. The van der Waals surface area contributed by atoms with E-state index in [0.717, 1.165) is 38.6 Å². The molecule has 0 spiro atoms. The normalized spacial score (nSPS) is 33.9. The highest BCUT2D eigenvalue weighted by Crippen LogP contribution is 2.37. The Hall–Kier alpha value is -0.570. The summed E-state index contributed by atoms with van der Waals surface area (Å²) in [5.74, 6) is -0.252. The summed E-state index contributed by atoms with van der Waals surface area (Å²) in [7, 11) is 0. The number of carbonyl (C=O) groups is 1. The molecule has 2 rings (SSSR count). The lowest BCUT2D eigenvalue weighted by Crippen LogP contribution is -2.59. The van der Waals surface area contributed by atoms with Crippen molar-refractivity contribution in [2.75, 3.05) is 6.54 Å². The van der Waals surface area contributed by atoms with Crippen LogP contribution < -0.4 is 5.32 Å². The van der Waals surface area contributed by atoms with Gasteiger partial charge in [0.25, 0.3) is 0 Å². The number of hydrogen-bond donors (Lipinski definition) is 2. The minimum atomic E-state index is -0.617. The van der Waals surface area contributed by atoms with Gasteiger partial charge in [-0.05, 0) is 44.6 Å². The molecule has 2 aliphatic rings. The maximum absolute atomic E-state index is 11.5. The zero-order valence-corrected chi connectivity index (χ0v) is 9.30. The Bertz CT molecular complexity index is 228. The van der Waals surface area contributed by atoms with Crippen LogP contribution >= 0.6 is 0 Å². The van der Waals surface area contributed by atoms with E-state index >= 15 is 0 Å². The van der Waals surface area contributed by atoms with Crippen molar-refractivity contribution in [1.29, 1.82) is 0 Å². The number of rotatable bonds is 2. The van der Waals surface area contributed by atoms with Gasteiger partial charge < -0.3 is 10.4 Å². The lowest BCUT2D eigenvalue weighted by atomic mass is 9.71. The van der Waals surface area contributed by atoms with Crippen LogP contribution in [0.2, 0.25) is 0 Å². The van der Waals surface area contributed by atoms with Crippen LogP contribution in [0.15, 0.2) is 0 Å². The summed E-state index contributed by atoms with van der Waals surface area (Å²) in [4.78, 5) is 11.5. The van der Waals surface area contributed by atoms with Crippen molar-refractivity contribution in [3.8, 4) is 0 Å². The zero-order chi connectivity index (χ0) is 10.7. The van der Waals surface area contributed by atoms with Gasteiger partial charge in [-0.1, -0.05) is 19.3 Å². The third-order valence-electron chi connectivity index (χ3n) is 4.12. The number of nitrogens with one attached hydrogen (secondary N) is 1. The molecule has 86 valence electrons. The molecule has 0 aromatic rings. The number of hydrogen-bond acceptors (Lipinski definition) is 2. The summed E-state index contributed by atoms with van der Waals surface area (Å²) in [6, 6.07) is 0. The fourth-order valence-electron chi connectivity index (χ4n) is 3.23. The van der Waals surface area contributed by atoms with Crippen LogP contribution in [0.5, 0.6) is 0 Å². The number of aliphatic carboxylic acids is 1. The molecule has 0 amide bonds. The fourth-order valence-corrected chi connectivity index (χ4v) is 3.23. The Kier molecular flexibility index (Phi) is 3.29. The van der Waals surface area contributed by atoms with E-state index in [-0.39, 0.29) is 0 Å². The summed E-state index contributed by atoms with van der Waals surface area (Å²) < 4.78 is 0. The summed E-state index contributed by atoms with van der Waals surface area (Å²) >= 11 is 0. The average molecular weight is 211 g/mol.